The van der Waals surface area contributed by atoms with E-state index >= 15 is 0 Å². The van der Waals surface area contributed by atoms with Gasteiger partial charge in [0.05, 0.1) is 6.04 Å². The van der Waals surface area contributed by atoms with E-state index in [4.69, 9.17) is 10.2 Å². The normalized spacial score (nSPS) is 20.9. The van der Waals surface area contributed by atoms with Gasteiger partial charge in [-0.2, -0.15) is 0 Å². The first-order valence-corrected chi connectivity index (χ1v) is 8.89. The van der Waals surface area contributed by atoms with Crippen molar-refractivity contribution in [3.05, 3.63) is 77.4 Å². The molecule has 0 saturated heterocycles. The molecule has 1 aliphatic carbocycles. The number of hydrogen-bond acceptors (Lipinski definition) is 2. The molecule has 2 N–H and O–H groups in total. The van der Waals surface area contributed by atoms with Gasteiger partial charge in [-0.15, -0.1) is 0 Å². The second-order valence-corrected chi connectivity index (χ2v) is 7.09. The zero-order chi connectivity index (χ0) is 17.4. The molecule has 0 aliphatic heterocycles. The molecule has 1 aliphatic rings. The molecule has 0 radical (unpaired) electrons. The summed E-state index contributed by atoms with van der Waals surface area (Å²) in [7, 11) is 0. The van der Waals surface area contributed by atoms with Crippen LogP contribution in [0.25, 0.3) is 28.0 Å². The van der Waals surface area contributed by atoms with Gasteiger partial charge >= 0.3 is 0 Å². The van der Waals surface area contributed by atoms with Gasteiger partial charge < -0.3 is 10.2 Å². The van der Waals surface area contributed by atoms with Crippen LogP contribution in [-0.4, -0.2) is 0 Å². The van der Waals surface area contributed by atoms with Gasteiger partial charge in [-0.1, -0.05) is 74.6 Å². The average molecular weight is 329 g/mol. The molecular weight excluding hydrogens is 306 g/mol. The van der Waals surface area contributed by atoms with Crippen molar-refractivity contribution < 1.29 is 4.42 Å². The minimum Gasteiger partial charge on any atom is -0.455 e. The van der Waals surface area contributed by atoms with Crippen LogP contribution in [0.3, 0.4) is 0 Å². The van der Waals surface area contributed by atoms with Gasteiger partial charge in [-0.25, -0.2) is 0 Å². The molecule has 126 valence electrons. The molecule has 4 rings (SSSR count). The Morgan fingerprint density at radius 1 is 0.960 bits per heavy atom. The van der Waals surface area contributed by atoms with Crippen LogP contribution in [0.15, 0.2) is 65.1 Å². The third-order valence-electron chi connectivity index (χ3n) is 4.71. The van der Waals surface area contributed by atoms with Gasteiger partial charge in [-0.3, -0.25) is 0 Å². The van der Waals surface area contributed by atoms with E-state index in [1.54, 1.807) is 0 Å². The standard InChI is InChI=1S/C23H23NO/c1-15(2)14-17-9-7-10-18-19-13-12-16-8-5-3-4-6-11-20(24)21(16)23(19)25-22(17)18/h3-13,15,20H,14,24H2,1-2H3/b4-3-,8-5-,11-6-. The topological polar surface area (TPSA) is 39.2 Å². The van der Waals surface area contributed by atoms with Gasteiger partial charge in [0.15, 0.2) is 0 Å². The second-order valence-electron chi connectivity index (χ2n) is 7.09. The third-order valence-corrected chi connectivity index (χ3v) is 4.71. The van der Waals surface area contributed by atoms with Crippen molar-refractivity contribution in [1.29, 1.82) is 0 Å². The van der Waals surface area contributed by atoms with Gasteiger partial charge in [-0.05, 0) is 29.5 Å². The highest BCUT2D eigenvalue weighted by molar-refractivity contribution is 6.07. The van der Waals surface area contributed by atoms with Crippen molar-refractivity contribution in [3.63, 3.8) is 0 Å². The highest BCUT2D eigenvalue weighted by Gasteiger charge is 2.19. The molecule has 1 aromatic heterocycles. The summed E-state index contributed by atoms with van der Waals surface area (Å²) in [5.74, 6) is 0.585. The number of para-hydroxylation sites is 1. The lowest BCUT2D eigenvalue weighted by molar-refractivity contribution is 0.620. The zero-order valence-electron chi connectivity index (χ0n) is 14.7. The number of allylic oxidation sites excluding steroid dienone is 4. The van der Waals surface area contributed by atoms with Crippen LogP contribution in [0.2, 0.25) is 0 Å². The highest BCUT2D eigenvalue weighted by Crippen LogP contribution is 2.37. The second kappa shape index (κ2) is 6.38. The van der Waals surface area contributed by atoms with Crippen molar-refractivity contribution in [1.82, 2.24) is 0 Å². The van der Waals surface area contributed by atoms with Gasteiger partial charge in [0, 0.05) is 16.3 Å². The molecule has 1 unspecified atom stereocenters. The number of furan rings is 1. The fourth-order valence-corrected chi connectivity index (χ4v) is 3.61. The lowest BCUT2D eigenvalue weighted by Crippen LogP contribution is -2.09. The van der Waals surface area contributed by atoms with Gasteiger partial charge in [0.2, 0.25) is 0 Å². The Labute approximate surface area is 148 Å². The van der Waals surface area contributed by atoms with E-state index in [0.717, 1.165) is 34.1 Å². The van der Waals surface area contributed by atoms with E-state index in [0.29, 0.717) is 5.92 Å². The molecule has 1 heterocycles. The first kappa shape index (κ1) is 15.9. The number of nitrogens with two attached hydrogens (primary N) is 1. The Kier molecular flexibility index (Phi) is 4.06. The largest absolute Gasteiger partial charge is 0.455 e. The van der Waals surface area contributed by atoms with Crippen molar-refractivity contribution in [2.45, 2.75) is 26.3 Å². The Bertz CT molecular complexity index is 1020. The Balaban J connectivity index is 2.03. The zero-order valence-corrected chi connectivity index (χ0v) is 14.7. The van der Waals surface area contributed by atoms with Crippen LogP contribution < -0.4 is 5.73 Å². The van der Waals surface area contributed by atoms with Crippen LogP contribution in [0, 0.1) is 5.92 Å². The predicted octanol–water partition coefficient (Wildman–Crippen LogP) is 5.92. The SMILES string of the molecule is CC(C)Cc1cccc2c1oc1c3c(ccc12)\C=C/C=C\C=C/C3N. The fraction of sp³-hybridized carbons (Fsp3) is 0.217. The number of benzene rings is 2. The van der Waals surface area contributed by atoms with E-state index in [1.807, 2.05) is 30.4 Å². The molecule has 0 amide bonds. The average Bonchev–Trinajstić information content (AvgIpc) is 2.99. The van der Waals surface area contributed by atoms with E-state index in [-0.39, 0.29) is 6.04 Å². The van der Waals surface area contributed by atoms with Crippen molar-refractivity contribution in [2.24, 2.45) is 11.7 Å². The first-order chi connectivity index (χ1) is 12.1. The molecule has 1 atom stereocenters. The predicted molar refractivity (Wildman–Crippen MR) is 107 cm³/mol. The summed E-state index contributed by atoms with van der Waals surface area (Å²) in [4.78, 5) is 0. The Morgan fingerprint density at radius 2 is 1.76 bits per heavy atom. The summed E-state index contributed by atoms with van der Waals surface area (Å²) in [5.41, 5.74) is 11.8. The molecule has 2 aromatic carbocycles. The summed E-state index contributed by atoms with van der Waals surface area (Å²) in [6.45, 7) is 4.47. The first-order valence-electron chi connectivity index (χ1n) is 8.89. The summed E-state index contributed by atoms with van der Waals surface area (Å²) >= 11 is 0. The summed E-state index contributed by atoms with van der Waals surface area (Å²) in [5, 5.41) is 2.32. The number of rotatable bonds is 2. The lowest BCUT2D eigenvalue weighted by atomic mass is 9.96. The maximum Gasteiger partial charge on any atom is 0.141 e. The molecule has 0 saturated carbocycles. The van der Waals surface area contributed by atoms with Crippen molar-refractivity contribution in [2.75, 3.05) is 0 Å². The van der Waals surface area contributed by atoms with E-state index in [2.05, 4.69) is 50.3 Å². The van der Waals surface area contributed by atoms with Crippen LogP contribution in [0.1, 0.15) is 36.6 Å². The lowest BCUT2D eigenvalue weighted by Gasteiger charge is -2.11. The maximum atomic E-state index is 6.48. The van der Waals surface area contributed by atoms with Crippen LogP contribution in [0.5, 0.6) is 0 Å². The molecular formula is C23H23NO. The molecule has 0 spiro atoms. The molecule has 0 bridgehead atoms. The van der Waals surface area contributed by atoms with Gasteiger partial charge in [0.1, 0.15) is 11.2 Å². The molecule has 3 aromatic rings. The summed E-state index contributed by atoms with van der Waals surface area (Å²) < 4.78 is 6.42. The van der Waals surface area contributed by atoms with Crippen LogP contribution >= 0.6 is 0 Å². The molecule has 0 fully saturated rings. The van der Waals surface area contributed by atoms with Crippen LogP contribution in [0.4, 0.5) is 0 Å². The summed E-state index contributed by atoms with van der Waals surface area (Å²) in [6.07, 6.45) is 13.2. The minimum atomic E-state index is -0.194. The Morgan fingerprint density at radius 3 is 2.60 bits per heavy atom. The molecule has 25 heavy (non-hydrogen) atoms. The fourth-order valence-electron chi connectivity index (χ4n) is 3.61. The van der Waals surface area contributed by atoms with E-state index in [1.165, 1.54) is 10.9 Å². The van der Waals surface area contributed by atoms with Gasteiger partial charge in [0.25, 0.3) is 0 Å². The van der Waals surface area contributed by atoms with E-state index in [9.17, 15) is 0 Å². The number of hydrogen-bond donors (Lipinski definition) is 1. The Hall–Kier alpha value is -2.58. The van der Waals surface area contributed by atoms with Crippen molar-refractivity contribution in [3.8, 4) is 0 Å². The maximum absolute atomic E-state index is 6.48. The molecule has 2 nitrogen and oxygen atoms in total. The van der Waals surface area contributed by atoms with E-state index < -0.39 is 0 Å². The smallest absolute Gasteiger partial charge is 0.141 e. The molecule has 2 heteroatoms. The monoisotopic (exact) mass is 329 g/mol. The summed E-state index contributed by atoms with van der Waals surface area (Å²) in [6, 6.07) is 10.5. The number of fused-ring (bicyclic) bond motifs is 5. The minimum absolute atomic E-state index is 0.194. The highest BCUT2D eigenvalue weighted by atomic mass is 16.3. The third kappa shape index (κ3) is 2.83. The van der Waals surface area contributed by atoms with Crippen LogP contribution in [-0.2, 0) is 6.42 Å². The van der Waals surface area contributed by atoms with Crippen molar-refractivity contribution >= 4 is 28.0 Å². The quantitative estimate of drug-likeness (QED) is 0.633.